The molecule has 2 N–H and O–H groups in total. The zero-order chi connectivity index (χ0) is 14.4. The summed E-state index contributed by atoms with van der Waals surface area (Å²) in [6, 6.07) is 6.16. The Labute approximate surface area is 113 Å². The molecule has 0 unspecified atom stereocenters. The quantitative estimate of drug-likeness (QED) is 0.845. The molecule has 0 bridgehead atoms. The van der Waals surface area contributed by atoms with E-state index in [1.165, 1.54) is 5.56 Å². The molecule has 1 heterocycles. The van der Waals surface area contributed by atoms with Gasteiger partial charge in [0.15, 0.2) is 0 Å². The van der Waals surface area contributed by atoms with Gasteiger partial charge in [-0.15, -0.1) is 0 Å². The minimum atomic E-state index is -0.891. The van der Waals surface area contributed by atoms with Crippen molar-refractivity contribution in [2.75, 3.05) is 0 Å². The van der Waals surface area contributed by atoms with Gasteiger partial charge in [0.1, 0.15) is 5.69 Å². The maximum Gasteiger partial charge on any atom is 0.352 e. The predicted octanol–water partition coefficient (Wildman–Crippen LogP) is 4.29. The van der Waals surface area contributed by atoms with Crippen molar-refractivity contribution in [3.05, 3.63) is 35.0 Å². The lowest BCUT2D eigenvalue weighted by molar-refractivity contribution is 0.0690. The molecule has 19 heavy (non-hydrogen) atoms. The Balaban J connectivity index is 2.77. The maximum absolute atomic E-state index is 11.3. The topological polar surface area (TPSA) is 53.1 Å². The van der Waals surface area contributed by atoms with Crippen molar-refractivity contribution < 1.29 is 9.90 Å². The number of carboxylic acid groups (broad SMARTS) is 1. The zero-order valence-corrected chi connectivity index (χ0v) is 12.2. The van der Waals surface area contributed by atoms with Gasteiger partial charge in [-0.3, -0.25) is 0 Å². The highest BCUT2D eigenvalue weighted by atomic mass is 16.4. The average molecular weight is 259 g/mol. The van der Waals surface area contributed by atoms with E-state index in [4.69, 9.17) is 0 Å². The highest BCUT2D eigenvalue weighted by Crippen LogP contribution is 2.33. The number of fused-ring (bicyclic) bond motifs is 1. The molecule has 1 aromatic carbocycles. The van der Waals surface area contributed by atoms with Crippen molar-refractivity contribution in [3.8, 4) is 0 Å². The van der Waals surface area contributed by atoms with Crippen molar-refractivity contribution >= 4 is 16.9 Å². The van der Waals surface area contributed by atoms with Crippen molar-refractivity contribution in [1.82, 2.24) is 4.98 Å². The molecule has 0 saturated carbocycles. The molecule has 0 atom stereocenters. The molecule has 0 aliphatic rings. The number of hydrogen-bond donors (Lipinski definition) is 2. The van der Waals surface area contributed by atoms with Crippen molar-refractivity contribution in [1.29, 1.82) is 0 Å². The first kappa shape index (κ1) is 13.7. The molecule has 102 valence electrons. The van der Waals surface area contributed by atoms with Gasteiger partial charge in [-0.1, -0.05) is 40.7 Å². The molecule has 0 fully saturated rings. The Morgan fingerprint density at radius 3 is 2.37 bits per heavy atom. The van der Waals surface area contributed by atoms with Gasteiger partial charge in [-0.05, 0) is 34.6 Å². The number of benzene rings is 1. The minimum absolute atomic E-state index is 0.0586. The van der Waals surface area contributed by atoms with E-state index in [0.717, 1.165) is 16.5 Å². The summed E-state index contributed by atoms with van der Waals surface area (Å²) in [7, 11) is 0. The number of aromatic nitrogens is 1. The Morgan fingerprint density at radius 1 is 1.26 bits per heavy atom. The van der Waals surface area contributed by atoms with Gasteiger partial charge < -0.3 is 10.1 Å². The number of carboxylic acids is 1. The molecule has 0 amide bonds. The molecule has 0 saturated heterocycles. The Bertz CT molecular complexity index is 630. The normalized spacial score (nSPS) is 12.3. The van der Waals surface area contributed by atoms with Gasteiger partial charge in [0.05, 0.1) is 0 Å². The van der Waals surface area contributed by atoms with E-state index in [9.17, 15) is 9.90 Å². The lowest BCUT2D eigenvalue weighted by Gasteiger charge is -2.19. The van der Waals surface area contributed by atoms with E-state index >= 15 is 0 Å². The average Bonchev–Trinajstić information content (AvgIpc) is 2.65. The predicted molar refractivity (Wildman–Crippen MR) is 78.0 cm³/mol. The van der Waals surface area contributed by atoms with Gasteiger partial charge in [0.25, 0.3) is 0 Å². The van der Waals surface area contributed by atoms with Gasteiger partial charge in [-0.2, -0.15) is 0 Å². The summed E-state index contributed by atoms with van der Waals surface area (Å²) in [5, 5.41) is 10.3. The molecule has 3 heteroatoms. The minimum Gasteiger partial charge on any atom is -0.477 e. The van der Waals surface area contributed by atoms with Gasteiger partial charge in [-0.25, -0.2) is 4.79 Å². The second kappa shape index (κ2) is 4.41. The number of carbonyl (C=O) groups is 1. The maximum atomic E-state index is 11.3. The molecule has 2 aromatic rings. The van der Waals surface area contributed by atoms with Crippen molar-refractivity contribution in [3.63, 3.8) is 0 Å². The van der Waals surface area contributed by atoms with Crippen LogP contribution in [0, 0.1) is 0 Å². The summed E-state index contributed by atoms with van der Waals surface area (Å²) >= 11 is 0. The molecule has 0 aliphatic heterocycles. The van der Waals surface area contributed by atoms with Crippen LogP contribution in [0.4, 0.5) is 0 Å². The summed E-state index contributed by atoms with van der Waals surface area (Å²) in [5.74, 6) is -0.715. The highest BCUT2D eigenvalue weighted by molar-refractivity contribution is 5.98. The summed E-state index contributed by atoms with van der Waals surface area (Å²) in [4.78, 5) is 14.4. The van der Waals surface area contributed by atoms with E-state index in [1.807, 2.05) is 19.9 Å². The van der Waals surface area contributed by atoms with E-state index < -0.39 is 5.97 Å². The number of hydrogen-bond acceptors (Lipinski definition) is 1. The lowest BCUT2D eigenvalue weighted by atomic mass is 9.85. The van der Waals surface area contributed by atoms with Gasteiger partial charge >= 0.3 is 5.97 Å². The molecular weight excluding hydrogens is 238 g/mol. The van der Waals surface area contributed by atoms with Crippen molar-refractivity contribution in [2.24, 2.45) is 0 Å². The third-order valence-electron chi connectivity index (χ3n) is 3.50. The molecule has 3 nitrogen and oxygen atoms in total. The standard InChI is InChI=1S/C16H21NO2/c1-9(2)13-11-8-10(16(3,4)5)6-7-12(11)17-14(13)15(18)19/h6-9,17H,1-5H3,(H,18,19). The van der Waals surface area contributed by atoms with E-state index in [1.54, 1.807) is 0 Å². The summed E-state index contributed by atoms with van der Waals surface area (Å²) in [6.07, 6.45) is 0. The number of H-pyrrole nitrogens is 1. The zero-order valence-electron chi connectivity index (χ0n) is 12.2. The first-order valence-corrected chi connectivity index (χ1v) is 6.61. The first-order valence-electron chi connectivity index (χ1n) is 6.61. The van der Waals surface area contributed by atoms with E-state index in [0.29, 0.717) is 5.69 Å². The van der Waals surface area contributed by atoms with Gasteiger partial charge in [0, 0.05) is 10.9 Å². The molecular formula is C16H21NO2. The highest BCUT2D eigenvalue weighted by Gasteiger charge is 2.21. The van der Waals surface area contributed by atoms with Crippen LogP contribution < -0.4 is 0 Å². The van der Waals surface area contributed by atoms with Crippen molar-refractivity contribution in [2.45, 2.75) is 46.0 Å². The van der Waals surface area contributed by atoms with Crippen LogP contribution in [0.3, 0.4) is 0 Å². The van der Waals surface area contributed by atoms with Crippen LogP contribution in [0.15, 0.2) is 18.2 Å². The second-order valence-electron chi connectivity index (χ2n) is 6.38. The largest absolute Gasteiger partial charge is 0.477 e. The first-order chi connectivity index (χ1) is 8.71. The smallest absolute Gasteiger partial charge is 0.352 e. The fourth-order valence-corrected chi connectivity index (χ4v) is 2.45. The van der Waals surface area contributed by atoms with E-state index in [2.05, 4.69) is 37.9 Å². The van der Waals surface area contributed by atoms with Crippen LogP contribution in [0.2, 0.25) is 0 Å². The monoisotopic (exact) mass is 259 g/mol. The summed E-state index contributed by atoms with van der Waals surface area (Å²) < 4.78 is 0. The molecule has 0 radical (unpaired) electrons. The van der Waals surface area contributed by atoms with Crippen LogP contribution in [0.25, 0.3) is 10.9 Å². The lowest BCUT2D eigenvalue weighted by Crippen LogP contribution is -2.10. The van der Waals surface area contributed by atoms with Crippen LogP contribution >= 0.6 is 0 Å². The summed E-state index contributed by atoms with van der Waals surface area (Å²) in [6.45, 7) is 10.5. The Morgan fingerprint density at radius 2 is 1.89 bits per heavy atom. The molecule has 1 aromatic heterocycles. The van der Waals surface area contributed by atoms with Crippen LogP contribution in [0.5, 0.6) is 0 Å². The molecule has 0 aliphatic carbocycles. The number of aromatic amines is 1. The van der Waals surface area contributed by atoms with Crippen LogP contribution in [0.1, 0.15) is 62.2 Å². The Kier molecular flexibility index (Phi) is 3.17. The SMILES string of the molecule is CC(C)c1c(C(=O)O)[nH]c2ccc(C(C)(C)C)cc12. The number of nitrogens with one attached hydrogen (secondary N) is 1. The second-order valence-corrected chi connectivity index (χ2v) is 6.38. The van der Waals surface area contributed by atoms with Crippen LogP contribution in [-0.2, 0) is 5.41 Å². The third-order valence-corrected chi connectivity index (χ3v) is 3.50. The van der Waals surface area contributed by atoms with Crippen LogP contribution in [-0.4, -0.2) is 16.1 Å². The fourth-order valence-electron chi connectivity index (χ4n) is 2.45. The molecule has 2 rings (SSSR count). The Hall–Kier alpha value is -1.77. The van der Waals surface area contributed by atoms with Gasteiger partial charge in [0.2, 0.25) is 0 Å². The van der Waals surface area contributed by atoms with E-state index in [-0.39, 0.29) is 11.3 Å². The number of rotatable bonds is 2. The fraction of sp³-hybridized carbons (Fsp3) is 0.438. The summed E-state index contributed by atoms with van der Waals surface area (Å²) in [5.41, 5.74) is 3.39. The molecule has 0 spiro atoms. The third kappa shape index (κ3) is 2.37. The number of aromatic carboxylic acids is 1.